The van der Waals surface area contributed by atoms with E-state index in [4.69, 9.17) is 13.6 Å². The van der Waals surface area contributed by atoms with Gasteiger partial charge in [0.15, 0.2) is 0 Å². The molecule has 1 unspecified atom stereocenters. The van der Waals surface area contributed by atoms with Crippen LogP contribution >= 0.6 is 22.1 Å². The van der Waals surface area contributed by atoms with Crippen LogP contribution in [0.25, 0.3) is 0 Å². The van der Waals surface area contributed by atoms with E-state index < -0.39 is 27.3 Å². The first-order valence-electron chi connectivity index (χ1n) is 8.83. The molecule has 0 fully saturated rings. The van der Waals surface area contributed by atoms with E-state index in [-0.39, 0.29) is 10.3 Å². The van der Waals surface area contributed by atoms with Crippen molar-refractivity contribution in [3.63, 3.8) is 0 Å². The van der Waals surface area contributed by atoms with E-state index in [9.17, 15) is 13.7 Å². The molecule has 0 bridgehead atoms. The van der Waals surface area contributed by atoms with Crippen LogP contribution < -0.4 is 0 Å². The summed E-state index contributed by atoms with van der Waals surface area (Å²) in [6, 6.07) is 0. The lowest BCUT2D eigenvalue weighted by Gasteiger charge is -2.26. The van der Waals surface area contributed by atoms with Crippen molar-refractivity contribution in [3.8, 4) is 0 Å². The van der Waals surface area contributed by atoms with Crippen molar-refractivity contribution in [2.75, 3.05) is 41.3 Å². The Labute approximate surface area is 168 Å². The summed E-state index contributed by atoms with van der Waals surface area (Å²) in [4.78, 5) is 0. The van der Waals surface area contributed by atoms with Gasteiger partial charge < -0.3 is 18.1 Å². The van der Waals surface area contributed by atoms with Crippen LogP contribution in [0.2, 0.25) is 0 Å². The third kappa shape index (κ3) is 12.0. The molecule has 0 amide bonds. The molecule has 6 nitrogen and oxygen atoms in total. The predicted molar refractivity (Wildman–Crippen MR) is 121 cm³/mol. The van der Waals surface area contributed by atoms with E-state index in [0.29, 0.717) is 0 Å². The highest BCUT2D eigenvalue weighted by Gasteiger charge is 2.37. The first-order chi connectivity index (χ1) is 11.4. The minimum atomic E-state index is -2.86. The van der Waals surface area contributed by atoms with Gasteiger partial charge in [-0.25, -0.2) is 0 Å². The summed E-state index contributed by atoms with van der Waals surface area (Å²) < 4.78 is 48.6. The van der Waals surface area contributed by atoms with Crippen molar-refractivity contribution < 1.29 is 27.3 Å². The zero-order valence-electron chi connectivity index (χ0n) is 20.3. The fraction of sp³-hybridized carbons (Fsp3) is 1.00. The predicted octanol–water partition coefficient (Wildman–Crippen LogP) is 7.02. The van der Waals surface area contributed by atoms with Gasteiger partial charge in [-0.2, -0.15) is 0 Å². The molecule has 1 atom stereocenters. The summed E-state index contributed by atoms with van der Waals surface area (Å²) in [6.45, 7) is 22.5. The molecule has 0 radical (unpaired) electrons. The highest BCUT2D eigenvalue weighted by atomic mass is 31.2. The number of rotatable bonds is 3. The first-order valence-corrected chi connectivity index (χ1v) is 15.0. The average Bonchev–Trinajstić information content (AvgIpc) is 2.43. The molecule has 168 valence electrons. The second-order valence-corrected chi connectivity index (χ2v) is 20.3. The molecule has 27 heavy (non-hydrogen) atoms. The van der Waals surface area contributed by atoms with Crippen LogP contribution in [0.5, 0.6) is 0 Å². The van der Waals surface area contributed by atoms with Crippen LogP contribution in [0.3, 0.4) is 0 Å². The summed E-state index contributed by atoms with van der Waals surface area (Å²) in [5.74, 6) is 0. The highest BCUT2D eigenvalue weighted by molar-refractivity contribution is 7.63. The Hall–Kier alpha value is 0.570. The van der Waals surface area contributed by atoms with Crippen molar-refractivity contribution in [1.82, 2.24) is 0 Å². The minimum Gasteiger partial charge on any atom is -0.332 e. The quantitative estimate of drug-likeness (QED) is 0.430. The monoisotopic (exact) mass is 450 g/mol. The molecule has 0 aliphatic rings. The Morgan fingerprint density at radius 1 is 0.519 bits per heavy atom. The smallest absolute Gasteiger partial charge is 0.332 e. The molecule has 0 aliphatic heterocycles. The Kier molecular flexibility index (Phi) is 13.2. The van der Waals surface area contributed by atoms with Gasteiger partial charge in [-0.1, -0.05) is 41.5 Å². The van der Waals surface area contributed by atoms with E-state index in [0.717, 1.165) is 0 Å². The maximum atomic E-state index is 11.5. The molecular formula is C18H45O6P3. The first kappa shape index (κ1) is 32.2. The lowest BCUT2D eigenvalue weighted by atomic mass is 10.3. The zero-order chi connectivity index (χ0) is 23.1. The second-order valence-electron chi connectivity index (χ2n) is 9.75. The molecule has 9 heteroatoms. The van der Waals surface area contributed by atoms with Crippen LogP contribution in [0.1, 0.15) is 62.3 Å². The number of hydrogen-bond donors (Lipinski definition) is 0. The SMILES string of the molecule is CC(C)(C)P(C)(C)=O.COP(=O)(OC)C(C)(C)C.COP(C)(=O)C(C)(C)C. The van der Waals surface area contributed by atoms with Gasteiger partial charge in [0.25, 0.3) is 0 Å². The lowest BCUT2D eigenvalue weighted by molar-refractivity contribution is 0.255. The molecule has 0 N–H and O–H groups in total. The standard InChI is InChI=1S/C6H15O3P.C6H15O2P.C6H15OP/c1-6(2,3)10(7,8-4)9-5;1-6(2,3)9(5,7)8-4;1-6(2,3)8(4,5)7/h1-5H3;1-5H3;1-5H3. The summed E-state index contributed by atoms with van der Waals surface area (Å²) in [6.07, 6.45) is 0. The van der Waals surface area contributed by atoms with Crippen molar-refractivity contribution in [2.24, 2.45) is 0 Å². The molecule has 0 saturated heterocycles. The van der Waals surface area contributed by atoms with Gasteiger partial charge in [0.2, 0.25) is 7.37 Å². The van der Waals surface area contributed by atoms with Crippen molar-refractivity contribution in [2.45, 2.75) is 77.8 Å². The lowest BCUT2D eigenvalue weighted by Crippen LogP contribution is -2.16. The molecule has 0 aromatic rings. The average molecular weight is 450 g/mol. The van der Waals surface area contributed by atoms with E-state index >= 15 is 0 Å². The normalized spacial score (nSPS) is 15.7. The van der Waals surface area contributed by atoms with E-state index in [1.54, 1.807) is 6.66 Å². The molecule has 0 aromatic carbocycles. The van der Waals surface area contributed by atoms with Gasteiger partial charge in [0.05, 0.1) is 12.3 Å². The third-order valence-electron chi connectivity index (χ3n) is 4.48. The minimum absolute atomic E-state index is 0.00694. The molecule has 0 spiro atoms. The van der Waals surface area contributed by atoms with E-state index in [1.807, 2.05) is 75.6 Å². The Morgan fingerprint density at radius 3 is 0.778 bits per heavy atom. The molecule has 0 aromatic heterocycles. The third-order valence-corrected chi connectivity index (χ3v) is 13.5. The summed E-state index contributed by atoms with van der Waals surface area (Å²) >= 11 is 0. The largest absolute Gasteiger partial charge is 0.335 e. The van der Waals surface area contributed by atoms with Crippen molar-refractivity contribution in [3.05, 3.63) is 0 Å². The molecular weight excluding hydrogens is 405 g/mol. The second kappa shape index (κ2) is 11.1. The molecule has 0 heterocycles. The van der Waals surface area contributed by atoms with E-state index in [1.165, 1.54) is 21.3 Å². The van der Waals surface area contributed by atoms with Gasteiger partial charge in [-0.05, 0) is 34.1 Å². The van der Waals surface area contributed by atoms with Crippen molar-refractivity contribution in [1.29, 1.82) is 0 Å². The summed E-state index contributed by atoms with van der Waals surface area (Å²) in [5.41, 5.74) is 0. The summed E-state index contributed by atoms with van der Waals surface area (Å²) in [5, 5.41) is -0.661. The van der Waals surface area contributed by atoms with Crippen LogP contribution in [0, 0.1) is 0 Å². The maximum Gasteiger partial charge on any atom is 0.335 e. The van der Waals surface area contributed by atoms with Gasteiger partial charge in [0, 0.05) is 38.3 Å². The van der Waals surface area contributed by atoms with Gasteiger partial charge in [-0.3, -0.25) is 9.13 Å². The molecule has 0 aliphatic carbocycles. The fourth-order valence-electron chi connectivity index (χ4n) is 0.896. The Bertz CT molecular complexity index is 551. The van der Waals surface area contributed by atoms with Crippen LogP contribution in [-0.2, 0) is 27.3 Å². The van der Waals surface area contributed by atoms with Crippen molar-refractivity contribution >= 4 is 22.1 Å². The van der Waals surface area contributed by atoms with E-state index in [2.05, 4.69) is 0 Å². The van der Waals surface area contributed by atoms with Crippen LogP contribution in [-0.4, -0.2) is 56.8 Å². The fourth-order valence-corrected chi connectivity index (χ4v) is 2.69. The zero-order valence-corrected chi connectivity index (χ0v) is 23.0. The number of hydrogen-bond acceptors (Lipinski definition) is 6. The van der Waals surface area contributed by atoms with Crippen LogP contribution in [0.4, 0.5) is 0 Å². The van der Waals surface area contributed by atoms with Gasteiger partial charge in [-0.15, -0.1) is 0 Å². The summed E-state index contributed by atoms with van der Waals surface area (Å²) in [7, 11) is -2.78. The van der Waals surface area contributed by atoms with Gasteiger partial charge in [0.1, 0.15) is 0 Å². The Morgan fingerprint density at radius 2 is 0.778 bits per heavy atom. The Balaban J connectivity index is -0.000000322. The molecule has 0 saturated carbocycles. The van der Waals surface area contributed by atoms with Crippen LogP contribution in [0.15, 0.2) is 0 Å². The van der Waals surface area contributed by atoms with Gasteiger partial charge >= 0.3 is 7.60 Å². The maximum absolute atomic E-state index is 11.5. The molecule has 0 rings (SSSR count). The highest BCUT2D eigenvalue weighted by Crippen LogP contribution is 2.58. The topological polar surface area (TPSA) is 78.9 Å².